The highest BCUT2D eigenvalue weighted by atomic mass is 32.1. The zero-order chi connectivity index (χ0) is 18.3. The first-order chi connectivity index (χ1) is 12.6. The van der Waals surface area contributed by atoms with E-state index >= 15 is 0 Å². The van der Waals surface area contributed by atoms with Gasteiger partial charge in [0.15, 0.2) is 11.5 Å². The predicted octanol–water partition coefficient (Wildman–Crippen LogP) is 1.85. The predicted molar refractivity (Wildman–Crippen MR) is 91.5 cm³/mol. The van der Waals surface area contributed by atoms with Crippen molar-refractivity contribution < 1.29 is 28.9 Å². The summed E-state index contributed by atoms with van der Waals surface area (Å²) in [5.74, 6) is -0.128. The van der Waals surface area contributed by atoms with Crippen LogP contribution in [-0.4, -0.2) is 59.5 Å². The number of benzene rings is 1. The highest BCUT2D eigenvalue weighted by Gasteiger charge is 2.40. The molecule has 0 spiro atoms. The lowest BCUT2D eigenvalue weighted by atomic mass is 10.2. The largest absolute Gasteiger partial charge is 0.480 e. The third-order valence-corrected chi connectivity index (χ3v) is 5.38. The Kier molecular flexibility index (Phi) is 4.25. The van der Waals surface area contributed by atoms with Gasteiger partial charge in [-0.3, -0.25) is 4.79 Å². The molecule has 1 amide bonds. The molecule has 4 rings (SSSR count). The normalized spacial score (nSPS) is 21.2. The Balaban J connectivity index is 1.57. The molecular formula is C17H16N2O6S. The van der Waals surface area contributed by atoms with Crippen molar-refractivity contribution in [3.63, 3.8) is 0 Å². The number of ether oxygens (including phenoxy) is 3. The monoisotopic (exact) mass is 376 g/mol. The van der Waals surface area contributed by atoms with Crippen molar-refractivity contribution in [2.24, 2.45) is 0 Å². The number of rotatable bonds is 4. The topological polar surface area (TPSA) is 98.2 Å². The summed E-state index contributed by atoms with van der Waals surface area (Å²) in [4.78, 5) is 29.9. The lowest BCUT2D eigenvalue weighted by molar-refractivity contribution is -0.141. The molecule has 1 fully saturated rings. The van der Waals surface area contributed by atoms with E-state index in [-0.39, 0.29) is 31.6 Å². The minimum atomic E-state index is -1.04. The number of carbonyl (C=O) groups excluding carboxylic acids is 1. The number of aromatic nitrogens is 1. The molecule has 2 aliphatic heterocycles. The number of carboxylic acids is 1. The lowest BCUT2D eigenvalue weighted by Gasteiger charge is -2.19. The lowest BCUT2D eigenvalue weighted by Crippen LogP contribution is -2.40. The van der Waals surface area contributed by atoms with Crippen molar-refractivity contribution in [3.8, 4) is 22.1 Å². The summed E-state index contributed by atoms with van der Waals surface area (Å²) in [6.07, 6.45) is -0.0106. The summed E-state index contributed by atoms with van der Waals surface area (Å²) in [5, 5.41) is 11.7. The van der Waals surface area contributed by atoms with Crippen molar-refractivity contribution in [1.82, 2.24) is 9.88 Å². The van der Waals surface area contributed by atoms with Crippen molar-refractivity contribution in [2.75, 3.05) is 20.4 Å². The standard InChI is InChI=1S/C17H16N2O6S/c1-23-10-5-12(17(21)22)19(6-10)16(20)11-7-26-15(18-11)9-2-3-13-14(4-9)25-8-24-13/h2-4,7,10,12H,5-6,8H2,1H3,(H,21,22). The Morgan fingerprint density at radius 3 is 2.92 bits per heavy atom. The summed E-state index contributed by atoms with van der Waals surface area (Å²) in [6, 6.07) is 4.55. The molecule has 0 aliphatic carbocycles. The molecule has 1 aromatic carbocycles. The van der Waals surface area contributed by atoms with Gasteiger partial charge in [-0.1, -0.05) is 0 Å². The number of hydrogen-bond donors (Lipinski definition) is 1. The smallest absolute Gasteiger partial charge is 0.326 e. The van der Waals surface area contributed by atoms with Crippen LogP contribution in [0.2, 0.25) is 0 Å². The van der Waals surface area contributed by atoms with Crippen LogP contribution in [0.4, 0.5) is 0 Å². The zero-order valence-electron chi connectivity index (χ0n) is 13.9. The maximum absolute atomic E-state index is 12.8. The molecule has 2 aliphatic rings. The fourth-order valence-corrected chi connectivity index (χ4v) is 3.90. The van der Waals surface area contributed by atoms with E-state index < -0.39 is 17.9 Å². The molecule has 1 aromatic heterocycles. The number of nitrogens with zero attached hydrogens (tertiary/aromatic N) is 2. The molecule has 3 heterocycles. The number of carbonyl (C=O) groups is 2. The summed E-state index contributed by atoms with van der Waals surface area (Å²) >= 11 is 1.32. The van der Waals surface area contributed by atoms with Gasteiger partial charge in [0, 0.05) is 31.0 Å². The zero-order valence-corrected chi connectivity index (χ0v) is 14.7. The Hall–Kier alpha value is -2.65. The van der Waals surface area contributed by atoms with Gasteiger partial charge in [-0.05, 0) is 18.2 Å². The molecule has 0 bridgehead atoms. The number of likely N-dealkylation sites (tertiary alicyclic amines) is 1. The highest BCUT2D eigenvalue weighted by Crippen LogP contribution is 2.37. The molecule has 8 nitrogen and oxygen atoms in total. The van der Waals surface area contributed by atoms with E-state index in [1.165, 1.54) is 23.3 Å². The highest BCUT2D eigenvalue weighted by molar-refractivity contribution is 7.13. The Bertz CT molecular complexity index is 867. The van der Waals surface area contributed by atoms with Gasteiger partial charge in [0.05, 0.1) is 6.10 Å². The second-order valence-corrected chi connectivity index (χ2v) is 6.87. The first kappa shape index (κ1) is 16.8. The van der Waals surface area contributed by atoms with Gasteiger partial charge in [-0.2, -0.15) is 0 Å². The van der Waals surface area contributed by atoms with Crippen LogP contribution in [0.1, 0.15) is 16.9 Å². The van der Waals surface area contributed by atoms with E-state index in [0.29, 0.717) is 16.5 Å². The quantitative estimate of drug-likeness (QED) is 0.869. The molecule has 2 unspecified atom stereocenters. The van der Waals surface area contributed by atoms with Gasteiger partial charge in [0.25, 0.3) is 5.91 Å². The third kappa shape index (κ3) is 2.89. The van der Waals surface area contributed by atoms with Crippen molar-refractivity contribution in [3.05, 3.63) is 29.3 Å². The minimum absolute atomic E-state index is 0.187. The second-order valence-electron chi connectivity index (χ2n) is 6.01. The van der Waals surface area contributed by atoms with Gasteiger partial charge in [-0.25, -0.2) is 9.78 Å². The van der Waals surface area contributed by atoms with Crippen LogP contribution in [-0.2, 0) is 9.53 Å². The number of amides is 1. The average molecular weight is 376 g/mol. The molecule has 26 heavy (non-hydrogen) atoms. The minimum Gasteiger partial charge on any atom is -0.480 e. The second kappa shape index (κ2) is 6.58. The summed E-state index contributed by atoms with van der Waals surface area (Å²) < 4.78 is 15.9. The maximum atomic E-state index is 12.8. The van der Waals surface area contributed by atoms with Crippen LogP contribution >= 0.6 is 11.3 Å². The first-order valence-electron chi connectivity index (χ1n) is 7.99. The Labute approximate surface area is 152 Å². The van der Waals surface area contributed by atoms with E-state index in [2.05, 4.69) is 4.98 Å². The first-order valence-corrected chi connectivity index (χ1v) is 8.87. The molecule has 2 aromatic rings. The van der Waals surface area contributed by atoms with Gasteiger partial charge >= 0.3 is 5.97 Å². The summed E-state index contributed by atoms with van der Waals surface area (Å²) in [5.41, 5.74) is 1.04. The van der Waals surface area contributed by atoms with E-state index in [0.717, 1.165) is 5.56 Å². The fraction of sp³-hybridized carbons (Fsp3) is 0.353. The molecule has 136 valence electrons. The molecule has 2 atom stereocenters. The van der Waals surface area contributed by atoms with Crippen LogP contribution in [0.3, 0.4) is 0 Å². The SMILES string of the molecule is COC1CC(C(=O)O)N(C(=O)c2csc(-c3ccc4c(c3)OCO4)n2)C1. The number of thiazole rings is 1. The Morgan fingerprint density at radius 1 is 1.35 bits per heavy atom. The van der Waals surface area contributed by atoms with Crippen molar-refractivity contribution >= 4 is 23.2 Å². The molecule has 0 saturated carbocycles. The van der Waals surface area contributed by atoms with E-state index in [1.807, 2.05) is 12.1 Å². The van der Waals surface area contributed by atoms with Crippen LogP contribution in [0, 0.1) is 0 Å². The van der Waals surface area contributed by atoms with Gasteiger partial charge in [0.1, 0.15) is 16.7 Å². The third-order valence-electron chi connectivity index (χ3n) is 4.48. The fourth-order valence-electron chi connectivity index (χ4n) is 3.11. The number of methoxy groups -OCH3 is 1. The van der Waals surface area contributed by atoms with Crippen LogP contribution in [0.25, 0.3) is 10.6 Å². The molecule has 0 radical (unpaired) electrons. The molecule has 1 N–H and O–H groups in total. The van der Waals surface area contributed by atoms with E-state index in [4.69, 9.17) is 14.2 Å². The molecule has 9 heteroatoms. The number of fused-ring (bicyclic) bond motifs is 1. The summed E-state index contributed by atoms with van der Waals surface area (Å²) in [7, 11) is 1.51. The van der Waals surface area contributed by atoms with Crippen LogP contribution in [0.5, 0.6) is 11.5 Å². The van der Waals surface area contributed by atoms with Crippen molar-refractivity contribution in [2.45, 2.75) is 18.6 Å². The van der Waals surface area contributed by atoms with Gasteiger partial charge in [-0.15, -0.1) is 11.3 Å². The number of aliphatic carboxylic acids is 1. The van der Waals surface area contributed by atoms with Gasteiger partial charge in [0.2, 0.25) is 6.79 Å². The van der Waals surface area contributed by atoms with Crippen LogP contribution < -0.4 is 9.47 Å². The summed E-state index contributed by atoms with van der Waals surface area (Å²) in [6.45, 7) is 0.426. The van der Waals surface area contributed by atoms with E-state index in [9.17, 15) is 14.7 Å². The molecule has 1 saturated heterocycles. The number of carboxylic acid groups (broad SMARTS) is 1. The Morgan fingerprint density at radius 2 is 2.15 bits per heavy atom. The maximum Gasteiger partial charge on any atom is 0.326 e. The van der Waals surface area contributed by atoms with Crippen molar-refractivity contribution in [1.29, 1.82) is 0 Å². The number of hydrogen-bond acceptors (Lipinski definition) is 7. The average Bonchev–Trinajstić information content (AvgIpc) is 3.38. The van der Waals surface area contributed by atoms with E-state index in [1.54, 1.807) is 11.4 Å². The van der Waals surface area contributed by atoms with Gasteiger partial charge < -0.3 is 24.2 Å². The molecular weight excluding hydrogens is 360 g/mol. The van der Waals surface area contributed by atoms with Crippen LogP contribution in [0.15, 0.2) is 23.6 Å².